The molecular weight excluding hydrogens is 246 g/mol. The third-order valence-electron chi connectivity index (χ3n) is 2.88. The third kappa shape index (κ3) is 5.46. The van der Waals surface area contributed by atoms with Crippen LogP contribution in [-0.2, 0) is 9.53 Å². The molecule has 0 bridgehead atoms. The predicted molar refractivity (Wildman–Crippen MR) is 72.9 cm³/mol. The van der Waals surface area contributed by atoms with Crippen LogP contribution in [0.1, 0.15) is 20.8 Å². The van der Waals surface area contributed by atoms with Crippen molar-refractivity contribution in [2.75, 3.05) is 46.8 Å². The maximum absolute atomic E-state index is 11.9. The van der Waals surface area contributed by atoms with Crippen molar-refractivity contribution in [2.24, 2.45) is 0 Å². The second-order valence-corrected chi connectivity index (χ2v) is 6.03. The monoisotopic (exact) mass is 271 g/mol. The Hall–Kier alpha value is -1.30. The SMILES string of the molecule is CN(C)C(=O)CN1CCN(C(=O)OC(C)(C)C)CC1. The largest absolute Gasteiger partial charge is 0.444 e. The Morgan fingerprint density at radius 1 is 1.11 bits per heavy atom. The summed E-state index contributed by atoms with van der Waals surface area (Å²) < 4.78 is 5.33. The van der Waals surface area contributed by atoms with Gasteiger partial charge in [-0.2, -0.15) is 0 Å². The minimum absolute atomic E-state index is 0.0886. The van der Waals surface area contributed by atoms with Gasteiger partial charge < -0.3 is 14.5 Å². The molecule has 2 amide bonds. The molecule has 0 unspecified atom stereocenters. The first-order chi connectivity index (χ1) is 8.69. The molecule has 0 radical (unpaired) electrons. The van der Waals surface area contributed by atoms with Crippen molar-refractivity contribution >= 4 is 12.0 Å². The minimum Gasteiger partial charge on any atom is -0.444 e. The number of ether oxygens (including phenoxy) is 1. The number of likely N-dealkylation sites (N-methyl/N-ethyl adjacent to an activating group) is 1. The van der Waals surface area contributed by atoms with Gasteiger partial charge in [0, 0.05) is 40.3 Å². The molecule has 1 fully saturated rings. The zero-order chi connectivity index (χ0) is 14.6. The molecule has 110 valence electrons. The van der Waals surface area contributed by atoms with Gasteiger partial charge in [0.2, 0.25) is 5.91 Å². The molecule has 0 saturated carbocycles. The summed E-state index contributed by atoms with van der Waals surface area (Å²) in [6.45, 7) is 8.61. The topological polar surface area (TPSA) is 53.1 Å². The summed E-state index contributed by atoms with van der Waals surface area (Å²) in [5.74, 6) is 0.0886. The van der Waals surface area contributed by atoms with Crippen LogP contribution in [0.15, 0.2) is 0 Å². The molecule has 1 heterocycles. The number of nitrogens with zero attached hydrogens (tertiary/aromatic N) is 3. The summed E-state index contributed by atoms with van der Waals surface area (Å²) in [4.78, 5) is 28.8. The van der Waals surface area contributed by atoms with E-state index in [9.17, 15) is 9.59 Å². The van der Waals surface area contributed by atoms with Gasteiger partial charge in [-0.1, -0.05) is 0 Å². The van der Waals surface area contributed by atoms with E-state index in [2.05, 4.69) is 4.90 Å². The maximum Gasteiger partial charge on any atom is 0.410 e. The number of hydrogen-bond donors (Lipinski definition) is 0. The Morgan fingerprint density at radius 3 is 2.05 bits per heavy atom. The minimum atomic E-state index is -0.463. The summed E-state index contributed by atoms with van der Waals surface area (Å²) >= 11 is 0. The van der Waals surface area contributed by atoms with Crippen molar-refractivity contribution in [3.63, 3.8) is 0 Å². The summed E-state index contributed by atoms with van der Waals surface area (Å²) in [5, 5.41) is 0. The van der Waals surface area contributed by atoms with E-state index < -0.39 is 5.60 Å². The standard InChI is InChI=1S/C13H25N3O3/c1-13(2,3)19-12(18)16-8-6-15(7-9-16)10-11(17)14(4)5/h6-10H2,1-5H3. The van der Waals surface area contributed by atoms with Crippen LogP contribution < -0.4 is 0 Å². The molecule has 0 aromatic heterocycles. The van der Waals surface area contributed by atoms with Crippen LogP contribution in [-0.4, -0.2) is 79.1 Å². The number of carbonyl (C=O) groups is 2. The average Bonchev–Trinajstić information content (AvgIpc) is 2.27. The Labute approximate surface area is 115 Å². The zero-order valence-electron chi connectivity index (χ0n) is 12.6. The lowest BCUT2D eigenvalue weighted by Crippen LogP contribution is -2.51. The van der Waals surface area contributed by atoms with Crippen molar-refractivity contribution in [1.29, 1.82) is 0 Å². The molecule has 0 aromatic carbocycles. The predicted octanol–water partition coefficient (Wildman–Crippen LogP) is 0.627. The lowest BCUT2D eigenvalue weighted by Gasteiger charge is -2.35. The number of carbonyl (C=O) groups excluding carboxylic acids is 2. The van der Waals surface area contributed by atoms with Crippen molar-refractivity contribution in [1.82, 2.24) is 14.7 Å². The third-order valence-corrected chi connectivity index (χ3v) is 2.88. The molecule has 0 spiro atoms. The summed E-state index contributed by atoms with van der Waals surface area (Å²) in [7, 11) is 3.50. The number of piperazine rings is 1. The van der Waals surface area contributed by atoms with E-state index in [-0.39, 0.29) is 12.0 Å². The first kappa shape index (κ1) is 15.8. The molecule has 0 aliphatic carbocycles. The van der Waals surface area contributed by atoms with E-state index >= 15 is 0 Å². The molecule has 1 aliphatic heterocycles. The molecule has 6 nitrogen and oxygen atoms in total. The molecule has 1 aliphatic rings. The highest BCUT2D eigenvalue weighted by Crippen LogP contribution is 2.11. The normalized spacial score (nSPS) is 17.2. The van der Waals surface area contributed by atoms with Crippen LogP contribution in [0.4, 0.5) is 4.79 Å². The van der Waals surface area contributed by atoms with Gasteiger partial charge >= 0.3 is 6.09 Å². The molecule has 1 rings (SSSR count). The highest BCUT2D eigenvalue weighted by Gasteiger charge is 2.26. The van der Waals surface area contributed by atoms with Crippen molar-refractivity contribution < 1.29 is 14.3 Å². The summed E-state index contributed by atoms with van der Waals surface area (Å²) in [6, 6.07) is 0. The van der Waals surface area contributed by atoms with Crippen LogP contribution >= 0.6 is 0 Å². The van der Waals surface area contributed by atoms with Gasteiger partial charge in [0.05, 0.1) is 6.54 Å². The van der Waals surface area contributed by atoms with Gasteiger partial charge in [-0.25, -0.2) is 4.79 Å². The second kappa shape index (κ2) is 6.23. The van der Waals surface area contributed by atoms with Crippen molar-refractivity contribution in [2.45, 2.75) is 26.4 Å². The van der Waals surface area contributed by atoms with Gasteiger partial charge in [-0.15, -0.1) is 0 Å². The Bertz CT molecular complexity index is 329. The Morgan fingerprint density at radius 2 is 1.63 bits per heavy atom. The molecule has 1 saturated heterocycles. The highest BCUT2D eigenvalue weighted by molar-refractivity contribution is 5.77. The molecule has 0 N–H and O–H groups in total. The first-order valence-corrected chi connectivity index (χ1v) is 6.59. The number of hydrogen-bond acceptors (Lipinski definition) is 4. The van der Waals surface area contributed by atoms with Gasteiger partial charge in [0.1, 0.15) is 5.60 Å². The van der Waals surface area contributed by atoms with Crippen LogP contribution in [0.3, 0.4) is 0 Å². The van der Waals surface area contributed by atoms with Gasteiger partial charge in [0.15, 0.2) is 0 Å². The number of amides is 2. The zero-order valence-corrected chi connectivity index (χ0v) is 12.6. The fraction of sp³-hybridized carbons (Fsp3) is 0.846. The van der Waals surface area contributed by atoms with Gasteiger partial charge in [-0.05, 0) is 20.8 Å². The first-order valence-electron chi connectivity index (χ1n) is 6.59. The van der Waals surface area contributed by atoms with Crippen LogP contribution in [0.25, 0.3) is 0 Å². The van der Waals surface area contributed by atoms with Gasteiger partial charge in [0.25, 0.3) is 0 Å². The molecule has 6 heteroatoms. The molecule has 0 atom stereocenters. The summed E-state index contributed by atoms with van der Waals surface area (Å²) in [6.07, 6.45) is -0.272. The van der Waals surface area contributed by atoms with E-state index in [1.54, 1.807) is 23.9 Å². The average molecular weight is 271 g/mol. The van der Waals surface area contributed by atoms with E-state index in [0.29, 0.717) is 32.7 Å². The van der Waals surface area contributed by atoms with Crippen molar-refractivity contribution in [3.8, 4) is 0 Å². The van der Waals surface area contributed by atoms with Crippen LogP contribution in [0.2, 0.25) is 0 Å². The fourth-order valence-corrected chi connectivity index (χ4v) is 1.75. The van der Waals surface area contributed by atoms with Crippen molar-refractivity contribution in [3.05, 3.63) is 0 Å². The van der Waals surface area contributed by atoms with Crippen LogP contribution in [0, 0.1) is 0 Å². The second-order valence-electron chi connectivity index (χ2n) is 6.03. The van der Waals surface area contributed by atoms with E-state index in [4.69, 9.17) is 4.74 Å². The maximum atomic E-state index is 11.9. The lowest BCUT2D eigenvalue weighted by atomic mass is 10.2. The Balaban J connectivity index is 2.37. The Kier molecular flexibility index (Phi) is 5.17. The van der Waals surface area contributed by atoms with E-state index in [0.717, 1.165) is 0 Å². The summed E-state index contributed by atoms with van der Waals surface area (Å²) in [5.41, 5.74) is -0.463. The lowest BCUT2D eigenvalue weighted by molar-refractivity contribution is -0.130. The van der Waals surface area contributed by atoms with Crippen LogP contribution in [0.5, 0.6) is 0 Å². The molecular formula is C13H25N3O3. The molecule has 19 heavy (non-hydrogen) atoms. The smallest absolute Gasteiger partial charge is 0.410 e. The molecule has 0 aromatic rings. The van der Waals surface area contributed by atoms with E-state index in [1.807, 2.05) is 20.8 Å². The highest BCUT2D eigenvalue weighted by atomic mass is 16.6. The van der Waals surface area contributed by atoms with Gasteiger partial charge in [-0.3, -0.25) is 9.69 Å². The van der Waals surface area contributed by atoms with E-state index in [1.165, 1.54) is 0 Å². The number of rotatable bonds is 2. The fourth-order valence-electron chi connectivity index (χ4n) is 1.75. The quantitative estimate of drug-likeness (QED) is 0.739.